The lowest BCUT2D eigenvalue weighted by Crippen LogP contribution is -2.22. The molecule has 5 heterocycles. The monoisotopic (exact) mass is 511 g/mol. The van der Waals surface area contributed by atoms with Gasteiger partial charge in [-0.2, -0.15) is 19.5 Å². The van der Waals surface area contributed by atoms with E-state index in [1.807, 2.05) is 30.6 Å². The molecular formula is C27H29N9O2. The first-order valence-corrected chi connectivity index (χ1v) is 12.7. The summed E-state index contributed by atoms with van der Waals surface area (Å²) < 4.78 is 12.8. The van der Waals surface area contributed by atoms with Crippen LogP contribution in [-0.4, -0.2) is 60.7 Å². The van der Waals surface area contributed by atoms with Crippen molar-refractivity contribution in [3.8, 4) is 17.3 Å². The van der Waals surface area contributed by atoms with Crippen LogP contribution in [0.4, 0.5) is 11.9 Å². The van der Waals surface area contributed by atoms with Crippen molar-refractivity contribution in [2.75, 3.05) is 37.3 Å². The Kier molecular flexibility index (Phi) is 6.81. The third kappa shape index (κ3) is 5.57. The van der Waals surface area contributed by atoms with Crippen molar-refractivity contribution in [3.63, 3.8) is 0 Å². The molecule has 11 nitrogen and oxygen atoms in total. The van der Waals surface area contributed by atoms with Crippen LogP contribution in [0, 0.1) is 5.92 Å². The molecule has 0 spiro atoms. The summed E-state index contributed by atoms with van der Waals surface area (Å²) in [6, 6.07) is 15.9. The van der Waals surface area contributed by atoms with Crippen LogP contribution in [0.1, 0.15) is 17.5 Å². The van der Waals surface area contributed by atoms with Crippen molar-refractivity contribution < 1.29 is 9.15 Å². The minimum Gasteiger partial charge on any atom is -0.493 e. The minimum absolute atomic E-state index is 0.201. The molecule has 0 saturated carbocycles. The minimum atomic E-state index is 0.201. The second-order valence-electron chi connectivity index (χ2n) is 9.41. The number of nitrogens with two attached hydrogens (primary N) is 1. The van der Waals surface area contributed by atoms with Gasteiger partial charge in [0.2, 0.25) is 17.7 Å². The smallest absolute Gasteiger partial charge is 0.259 e. The fourth-order valence-electron chi connectivity index (χ4n) is 4.62. The maximum atomic E-state index is 6.09. The number of nitrogens with zero attached hydrogens (tertiary/aromatic N) is 7. The molecular weight excluding hydrogens is 482 g/mol. The molecule has 6 rings (SSSR count). The Labute approximate surface area is 219 Å². The van der Waals surface area contributed by atoms with Crippen molar-refractivity contribution >= 4 is 17.7 Å². The van der Waals surface area contributed by atoms with E-state index in [4.69, 9.17) is 14.9 Å². The van der Waals surface area contributed by atoms with Crippen molar-refractivity contribution in [2.24, 2.45) is 5.92 Å². The molecule has 1 saturated heterocycles. The highest BCUT2D eigenvalue weighted by atomic mass is 16.5. The lowest BCUT2D eigenvalue weighted by atomic mass is 10.1. The zero-order chi connectivity index (χ0) is 25.7. The van der Waals surface area contributed by atoms with Crippen molar-refractivity contribution in [3.05, 3.63) is 78.3 Å². The van der Waals surface area contributed by atoms with Gasteiger partial charge in [-0.1, -0.05) is 18.2 Å². The van der Waals surface area contributed by atoms with Gasteiger partial charge in [0.15, 0.2) is 5.76 Å². The fourth-order valence-corrected chi connectivity index (χ4v) is 4.62. The van der Waals surface area contributed by atoms with Crippen LogP contribution in [0.15, 0.2) is 71.6 Å². The zero-order valence-corrected chi connectivity index (χ0v) is 20.9. The van der Waals surface area contributed by atoms with Gasteiger partial charge in [-0.15, -0.1) is 5.10 Å². The molecule has 1 aromatic carbocycles. The summed E-state index contributed by atoms with van der Waals surface area (Å²) >= 11 is 0. The summed E-state index contributed by atoms with van der Waals surface area (Å²) in [5, 5.41) is 7.53. The fraction of sp³-hybridized carbons (Fsp3) is 0.296. The van der Waals surface area contributed by atoms with E-state index in [0.29, 0.717) is 35.8 Å². The molecule has 1 fully saturated rings. The van der Waals surface area contributed by atoms with Crippen LogP contribution in [0.2, 0.25) is 0 Å². The molecule has 1 atom stereocenters. The largest absolute Gasteiger partial charge is 0.493 e. The molecule has 0 aliphatic carbocycles. The average Bonchev–Trinajstić information content (AvgIpc) is 3.70. The molecule has 3 N–H and O–H groups in total. The van der Waals surface area contributed by atoms with Gasteiger partial charge in [0.25, 0.3) is 5.78 Å². The van der Waals surface area contributed by atoms with Gasteiger partial charge < -0.3 is 20.2 Å². The molecule has 0 radical (unpaired) electrons. The Morgan fingerprint density at radius 1 is 1.05 bits per heavy atom. The highest BCUT2D eigenvalue weighted by Gasteiger charge is 2.23. The Bertz CT molecular complexity index is 1470. The topological polar surface area (TPSA) is 133 Å². The van der Waals surface area contributed by atoms with Crippen LogP contribution in [0.3, 0.4) is 0 Å². The second kappa shape index (κ2) is 10.9. The van der Waals surface area contributed by atoms with Gasteiger partial charge in [-0.3, -0.25) is 9.88 Å². The normalized spacial score (nSPS) is 15.7. The first-order chi connectivity index (χ1) is 18.7. The second-order valence-corrected chi connectivity index (χ2v) is 9.41. The molecule has 1 aliphatic heterocycles. The predicted molar refractivity (Wildman–Crippen MR) is 142 cm³/mol. The zero-order valence-electron chi connectivity index (χ0n) is 20.9. The molecule has 0 amide bonds. The molecule has 194 valence electrons. The van der Waals surface area contributed by atoms with Crippen LogP contribution in [0.5, 0.6) is 5.75 Å². The summed E-state index contributed by atoms with van der Waals surface area (Å²) in [4.78, 5) is 19.8. The van der Waals surface area contributed by atoms with Gasteiger partial charge in [-0.05, 0) is 60.8 Å². The van der Waals surface area contributed by atoms with E-state index in [-0.39, 0.29) is 5.95 Å². The number of rotatable bonds is 10. The predicted octanol–water partition coefficient (Wildman–Crippen LogP) is 3.31. The number of anilines is 2. The summed E-state index contributed by atoms with van der Waals surface area (Å²) in [5.41, 5.74) is 8.50. The number of furan rings is 1. The maximum Gasteiger partial charge on any atom is 0.259 e. The van der Waals surface area contributed by atoms with Gasteiger partial charge in [-0.25, -0.2) is 0 Å². The van der Waals surface area contributed by atoms with Gasteiger partial charge in [0.1, 0.15) is 5.75 Å². The highest BCUT2D eigenvalue weighted by Crippen LogP contribution is 2.21. The van der Waals surface area contributed by atoms with E-state index in [1.54, 1.807) is 18.4 Å². The number of fused-ring (bicyclic) bond motifs is 1. The van der Waals surface area contributed by atoms with Gasteiger partial charge in [0.05, 0.1) is 12.9 Å². The molecule has 0 bridgehead atoms. The maximum absolute atomic E-state index is 6.09. The SMILES string of the molecule is Nc1nc(NCCc2ccc(OC[C@H]3CCN(Cc4cccnc4)C3)cc2)nc2nc(-c3ccco3)nn12. The van der Waals surface area contributed by atoms with E-state index >= 15 is 0 Å². The van der Waals surface area contributed by atoms with E-state index in [1.165, 1.54) is 15.6 Å². The molecule has 5 aromatic rings. The number of ether oxygens (including phenoxy) is 1. The lowest BCUT2D eigenvalue weighted by molar-refractivity contribution is 0.238. The van der Waals surface area contributed by atoms with E-state index < -0.39 is 0 Å². The lowest BCUT2D eigenvalue weighted by Gasteiger charge is -2.16. The summed E-state index contributed by atoms with van der Waals surface area (Å²) in [5.74, 6) is 3.35. The van der Waals surface area contributed by atoms with Crippen LogP contribution in [0.25, 0.3) is 17.4 Å². The summed E-state index contributed by atoms with van der Waals surface area (Å²) in [7, 11) is 0. The van der Waals surface area contributed by atoms with Crippen molar-refractivity contribution in [2.45, 2.75) is 19.4 Å². The third-order valence-electron chi connectivity index (χ3n) is 6.58. The third-order valence-corrected chi connectivity index (χ3v) is 6.58. The number of hydrogen-bond acceptors (Lipinski definition) is 10. The average molecular weight is 512 g/mol. The van der Waals surface area contributed by atoms with Crippen LogP contribution in [-0.2, 0) is 13.0 Å². The molecule has 11 heteroatoms. The first kappa shape index (κ1) is 23.9. The number of benzene rings is 1. The van der Waals surface area contributed by atoms with Crippen LogP contribution >= 0.6 is 0 Å². The van der Waals surface area contributed by atoms with E-state index in [0.717, 1.165) is 44.8 Å². The highest BCUT2D eigenvalue weighted by molar-refractivity contribution is 5.52. The summed E-state index contributed by atoms with van der Waals surface area (Å²) in [6.07, 6.45) is 7.27. The van der Waals surface area contributed by atoms with Gasteiger partial charge >= 0.3 is 0 Å². The Hall–Kier alpha value is -4.51. The van der Waals surface area contributed by atoms with E-state index in [9.17, 15) is 0 Å². The molecule has 1 aliphatic rings. The Balaban J connectivity index is 0.966. The van der Waals surface area contributed by atoms with E-state index in [2.05, 4.69) is 53.5 Å². The van der Waals surface area contributed by atoms with Crippen molar-refractivity contribution in [1.29, 1.82) is 0 Å². The van der Waals surface area contributed by atoms with Crippen LogP contribution < -0.4 is 15.8 Å². The first-order valence-electron chi connectivity index (χ1n) is 12.7. The number of pyridine rings is 1. The summed E-state index contributed by atoms with van der Waals surface area (Å²) in [6.45, 7) is 4.47. The number of hydrogen-bond donors (Lipinski definition) is 2. The number of nitrogens with one attached hydrogen (secondary N) is 1. The molecule has 38 heavy (non-hydrogen) atoms. The van der Waals surface area contributed by atoms with Gasteiger partial charge in [0, 0.05) is 37.9 Å². The number of aromatic nitrogens is 6. The Morgan fingerprint density at radius 2 is 1.97 bits per heavy atom. The quantitative estimate of drug-likeness (QED) is 0.288. The molecule has 4 aromatic heterocycles. The molecule has 0 unspecified atom stereocenters. The van der Waals surface area contributed by atoms with Crippen molar-refractivity contribution in [1.82, 2.24) is 34.4 Å². The standard InChI is InChI=1S/C27H29N9O2/c28-25-32-26(33-27-31-24(34-36(25)27)23-4-2-14-37-23)30-12-9-19-5-7-22(8-6-19)38-18-21-10-13-35(17-21)16-20-3-1-11-29-15-20/h1-8,11,14-15,21H,9-10,12-13,16-18H2,(H3,28,30,31,32,33,34)/t21-/m0/s1. The number of likely N-dealkylation sites (tertiary alicyclic amines) is 1. The Morgan fingerprint density at radius 3 is 2.79 bits per heavy atom. The number of nitrogen functional groups attached to an aromatic ring is 1.